The highest BCUT2D eigenvalue weighted by Crippen LogP contribution is 2.35. The summed E-state index contributed by atoms with van der Waals surface area (Å²) in [7, 11) is 5.55. The fourth-order valence-electron chi connectivity index (χ4n) is 5.09. The highest BCUT2D eigenvalue weighted by molar-refractivity contribution is 9.10. The number of pyridine rings is 1. The molecule has 0 spiro atoms. The second-order valence-electron chi connectivity index (χ2n) is 9.47. The minimum atomic E-state index is -0.0461. The number of hydrogen-bond acceptors (Lipinski definition) is 7. The number of aryl methyl sites for hydroxylation is 1. The number of fused-ring (bicyclic) bond motifs is 1. The van der Waals surface area contributed by atoms with Crippen LogP contribution < -0.4 is 16.0 Å². The van der Waals surface area contributed by atoms with Crippen molar-refractivity contribution < 1.29 is 9.59 Å². The number of carbonyl (C=O) groups excluding carboxylic acids is 2. The van der Waals surface area contributed by atoms with E-state index in [1.165, 1.54) is 0 Å². The molecular weight excluding hydrogens is 536 g/mol. The number of likely N-dealkylation sites (tertiary alicyclic amines) is 1. The zero-order valence-electron chi connectivity index (χ0n) is 21.2. The lowest BCUT2D eigenvalue weighted by molar-refractivity contribution is 0.0711. The molecule has 194 valence electrons. The van der Waals surface area contributed by atoms with Gasteiger partial charge in [-0.2, -0.15) is 5.10 Å². The van der Waals surface area contributed by atoms with Gasteiger partial charge in [0.1, 0.15) is 0 Å². The molecule has 1 aromatic carbocycles. The third-order valence-electron chi connectivity index (χ3n) is 7.07. The lowest BCUT2D eigenvalue weighted by Crippen LogP contribution is -2.45. The Morgan fingerprint density at radius 3 is 2.62 bits per heavy atom. The van der Waals surface area contributed by atoms with E-state index >= 15 is 0 Å². The quantitative estimate of drug-likeness (QED) is 0.419. The Kier molecular flexibility index (Phi) is 7.05. The Labute approximate surface area is 224 Å². The average molecular weight is 567 g/mol. The number of rotatable bonds is 6. The van der Waals surface area contributed by atoms with Crippen molar-refractivity contribution in [3.63, 3.8) is 0 Å². The summed E-state index contributed by atoms with van der Waals surface area (Å²) in [6, 6.07) is 5.65. The van der Waals surface area contributed by atoms with Gasteiger partial charge in [0, 0.05) is 69.2 Å². The van der Waals surface area contributed by atoms with E-state index in [-0.39, 0.29) is 17.9 Å². The fraction of sp³-hybridized carbons (Fsp3) is 0.385. The van der Waals surface area contributed by atoms with Gasteiger partial charge in [-0.05, 0) is 31.0 Å². The maximum Gasteiger partial charge on any atom is 0.256 e. The molecule has 10 nitrogen and oxygen atoms in total. The summed E-state index contributed by atoms with van der Waals surface area (Å²) in [5, 5.41) is 14.2. The number of nitrogens with one attached hydrogen (secondary N) is 3. The fourth-order valence-corrected chi connectivity index (χ4v) is 5.55. The van der Waals surface area contributed by atoms with Gasteiger partial charge < -0.3 is 25.8 Å². The van der Waals surface area contributed by atoms with Crippen molar-refractivity contribution in [1.82, 2.24) is 24.6 Å². The maximum absolute atomic E-state index is 13.8. The summed E-state index contributed by atoms with van der Waals surface area (Å²) in [5.41, 5.74) is 5.67. The normalized spacial score (nSPS) is 16.9. The number of piperidine rings is 1. The minimum absolute atomic E-state index is 0.00190. The van der Waals surface area contributed by atoms with Gasteiger partial charge in [-0.3, -0.25) is 19.3 Å². The minimum Gasteiger partial charge on any atom is -0.387 e. The largest absolute Gasteiger partial charge is 0.387 e. The smallest absolute Gasteiger partial charge is 0.256 e. The van der Waals surface area contributed by atoms with E-state index in [2.05, 4.69) is 42.0 Å². The van der Waals surface area contributed by atoms with Crippen LogP contribution in [-0.2, 0) is 20.1 Å². The molecule has 37 heavy (non-hydrogen) atoms. The highest BCUT2D eigenvalue weighted by Gasteiger charge is 2.31. The second-order valence-corrected chi connectivity index (χ2v) is 10.4. The Bertz CT molecular complexity index is 1340. The molecule has 2 aromatic heterocycles. The van der Waals surface area contributed by atoms with Crippen LogP contribution in [0, 0.1) is 0 Å². The molecule has 3 N–H and O–H groups in total. The van der Waals surface area contributed by atoms with Gasteiger partial charge in [0.05, 0.1) is 46.6 Å². The van der Waals surface area contributed by atoms with Crippen LogP contribution in [-0.4, -0.2) is 69.6 Å². The van der Waals surface area contributed by atoms with Crippen molar-refractivity contribution in [3.05, 3.63) is 63.6 Å². The van der Waals surface area contributed by atoms with Crippen LogP contribution in [0.2, 0.25) is 0 Å². The molecule has 0 aliphatic carbocycles. The van der Waals surface area contributed by atoms with E-state index in [1.54, 1.807) is 19.4 Å². The lowest BCUT2D eigenvalue weighted by atomic mass is 10.0. The summed E-state index contributed by atoms with van der Waals surface area (Å²) >= 11 is 3.57. The van der Waals surface area contributed by atoms with Crippen molar-refractivity contribution in [2.24, 2.45) is 7.05 Å². The highest BCUT2D eigenvalue weighted by atomic mass is 79.9. The molecule has 3 aromatic rings. The Hall–Kier alpha value is -3.60. The van der Waals surface area contributed by atoms with E-state index in [4.69, 9.17) is 0 Å². The molecular formula is C26H31BrN8O2. The summed E-state index contributed by atoms with van der Waals surface area (Å²) < 4.78 is 2.65. The number of amides is 2. The molecule has 1 saturated heterocycles. The van der Waals surface area contributed by atoms with Crippen molar-refractivity contribution in [1.29, 1.82) is 0 Å². The summed E-state index contributed by atoms with van der Waals surface area (Å²) in [6.45, 7) is 2.29. The second kappa shape index (κ2) is 10.4. The van der Waals surface area contributed by atoms with E-state index in [1.807, 2.05) is 53.0 Å². The van der Waals surface area contributed by atoms with E-state index < -0.39 is 0 Å². The van der Waals surface area contributed by atoms with Crippen molar-refractivity contribution >= 4 is 44.8 Å². The molecule has 0 unspecified atom stereocenters. The van der Waals surface area contributed by atoms with Crippen LogP contribution >= 0.6 is 15.9 Å². The molecule has 2 aliphatic heterocycles. The summed E-state index contributed by atoms with van der Waals surface area (Å²) in [4.78, 5) is 34.9. The monoisotopic (exact) mass is 566 g/mol. The molecule has 1 atom stereocenters. The van der Waals surface area contributed by atoms with Crippen LogP contribution in [0.1, 0.15) is 44.8 Å². The summed E-state index contributed by atoms with van der Waals surface area (Å²) in [5.74, 6) is -0.0873. The molecule has 2 amide bonds. The van der Waals surface area contributed by atoms with Gasteiger partial charge in [-0.25, -0.2) is 0 Å². The van der Waals surface area contributed by atoms with Gasteiger partial charge in [-0.1, -0.05) is 15.9 Å². The third-order valence-corrected chi connectivity index (χ3v) is 7.53. The number of anilines is 3. The first-order valence-electron chi connectivity index (χ1n) is 12.4. The lowest BCUT2D eigenvalue weighted by Gasteiger charge is -2.34. The Morgan fingerprint density at radius 1 is 1.03 bits per heavy atom. The van der Waals surface area contributed by atoms with Gasteiger partial charge in [0.15, 0.2) is 0 Å². The van der Waals surface area contributed by atoms with Crippen molar-refractivity contribution in [2.75, 3.05) is 43.1 Å². The molecule has 11 heteroatoms. The first-order valence-corrected chi connectivity index (χ1v) is 13.2. The molecule has 0 radical (unpaired) electrons. The zero-order valence-corrected chi connectivity index (χ0v) is 22.8. The number of halogens is 1. The number of aromatic nitrogens is 3. The first-order chi connectivity index (χ1) is 17.9. The molecule has 1 fully saturated rings. The van der Waals surface area contributed by atoms with Crippen LogP contribution in [0.15, 0.2) is 41.3 Å². The van der Waals surface area contributed by atoms with Crippen LogP contribution in [0.25, 0.3) is 0 Å². The van der Waals surface area contributed by atoms with Crippen LogP contribution in [0.4, 0.5) is 17.1 Å². The molecule has 0 bridgehead atoms. The Balaban J connectivity index is 1.37. The molecule has 5 rings (SSSR count). The predicted molar refractivity (Wildman–Crippen MR) is 147 cm³/mol. The molecule has 0 saturated carbocycles. The van der Waals surface area contributed by atoms with E-state index in [9.17, 15) is 9.59 Å². The third kappa shape index (κ3) is 5.00. The van der Waals surface area contributed by atoms with Crippen LogP contribution in [0.3, 0.4) is 0 Å². The standard InChI is InChI=1S/C26H31BrN8O2/c1-28-20-7-16(10-30-12-20)25(36)34-6-4-5-19(14-34)32-24-21(8-18(27)9-22(24)29-2)26(37)35-13-17-11-31-33(3)23(17)15-35/h7-12,19,28-29,32H,4-6,13-15H2,1-3H3/t19-/m1/s1. The van der Waals surface area contributed by atoms with Gasteiger partial charge in [-0.15, -0.1) is 0 Å². The van der Waals surface area contributed by atoms with Gasteiger partial charge in [0.25, 0.3) is 11.8 Å². The number of hydrogen-bond donors (Lipinski definition) is 3. The zero-order chi connectivity index (χ0) is 26.1. The maximum atomic E-state index is 13.8. The molecule has 2 aliphatic rings. The number of carbonyl (C=O) groups is 2. The topological polar surface area (TPSA) is 107 Å². The van der Waals surface area contributed by atoms with E-state index in [0.717, 1.165) is 45.6 Å². The number of benzene rings is 1. The predicted octanol–water partition coefficient (Wildman–Crippen LogP) is 3.53. The average Bonchev–Trinajstić information content (AvgIpc) is 3.50. The SMILES string of the molecule is CNc1cncc(C(=O)N2CCC[C@@H](Nc3c(NC)cc(Br)cc3C(=O)N3Cc4cnn(C)c4C3)C2)c1. The first kappa shape index (κ1) is 25.1. The van der Waals surface area contributed by atoms with E-state index in [0.29, 0.717) is 37.3 Å². The van der Waals surface area contributed by atoms with Crippen LogP contribution in [0.5, 0.6) is 0 Å². The van der Waals surface area contributed by atoms with Gasteiger partial charge >= 0.3 is 0 Å². The van der Waals surface area contributed by atoms with Crippen molar-refractivity contribution in [3.8, 4) is 0 Å². The molecule has 4 heterocycles. The van der Waals surface area contributed by atoms with Crippen molar-refractivity contribution in [2.45, 2.75) is 32.0 Å². The number of nitrogens with zero attached hydrogens (tertiary/aromatic N) is 5. The Morgan fingerprint density at radius 2 is 1.86 bits per heavy atom. The van der Waals surface area contributed by atoms with Gasteiger partial charge in [0.2, 0.25) is 0 Å². The summed E-state index contributed by atoms with van der Waals surface area (Å²) in [6.07, 6.45) is 6.89.